The Morgan fingerprint density at radius 2 is 2.00 bits per heavy atom. The Kier molecular flexibility index (Phi) is 6.47. The van der Waals surface area contributed by atoms with Gasteiger partial charge in [-0.2, -0.15) is 0 Å². The molecule has 1 aliphatic heterocycles. The number of ether oxygens (including phenoxy) is 3. The van der Waals surface area contributed by atoms with E-state index in [-0.39, 0.29) is 11.9 Å². The molecule has 5 nitrogen and oxygen atoms in total. The molecule has 0 amide bonds. The minimum absolute atomic E-state index is 0.0129. The highest BCUT2D eigenvalue weighted by Gasteiger charge is 2.35. The van der Waals surface area contributed by atoms with Crippen molar-refractivity contribution in [3.05, 3.63) is 0 Å². The minimum Gasteiger partial charge on any atom is -0.469 e. The van der Waals surface area contributed by atoms with Gasteiger partial charge in [0.25, 0.3) is 0 Å². The van der Waals surface area contributed by atoms with E-state index in [1.54, 1.807) is 7.11 Å². The predicted octanol–water partition coefficient (Wildman–Crippen LogP) is 0.390. The molecule has 0 radical (unpaired) electrons. The first kappa shape index (κ1) is 14.4. The third kappa shape index (κ3) is 4.61. The third-order valence-electron chi connectivity index (χ3n) is 3.18. The lowest BCUT2D eigenvalue weighted by Crippen LogP contribution is -2.27. The van der Waals surface area contributed by atoms with Gasteiger partial charge in [-0.1, -0.05) is 6.92 Å². The number of nitrogens with zero attached hydrogens (tertiary/aromatic N) is 1. The van der Waals surface area contributed by atoms with Gasteiger partial charge in [-0.05, 0) is 5.92 Å². The molecular weight excluding hydrogens is 222 g/mol. The second kappa shape index (κ2) is 7.63. The molecule has 17 heavy (non-hydrogen) atoms. The van der Waals surface area contributed by atoms with Gasteiger partial charge in [0.2, 0.25) is 0 Å². The number of carbonyl (C=O) groups is 1. The van der Waals surface area contributed by atoms with Crippen molar-refractivity contribution in [3.63, 3.8) is 0 Å². The zero-order valence-electron chi connectivity index (χ0n) is 11.0. The molecule has 1 heterocycles. The predicted molar refractivity (Wildman–Crippen MR) is 63.8 cm³/mol. The molecular formula is C12H23NO4. The van der Waals surface area contributed by atoms with Gasteiger partial charge in [0, 0.05) is 26.7 Å². The van der Waals surface area contributed by atoms with Crippen LogP contribution in [-0.4, -0.2) is 64.5 Å². The summed E-state index contributed by atoms with van der Waals surface area (Å²) in [4.78, 5) is 13.7. The summed E-state index contributed by atoms with van der Waals surface area (Å²) in [5.41, 5.74) is 0. The molecule has 0 N–H and O–H groups in total. The SMILES string of the molecule is COCCOCCN1CC(C)C(C(=O)OC)C1. The summed E-state index contributed by atoms with van der Waals surface area (Å²) in [6.45, 7) is 6.61. The molecule has 0 aromatic rings. The van der Waals surface area contributed by atoms with Gasteiger partial charge in [0.15, 0.2) is 0 Å². The average Bonchev–Trinajstić information content (AvgIpc) is 2.69. The summed E-state index contributed by atoms with van der Waals surface area (Å²) in [6, 6.07) is 0. The fourth-order valence-corrected chi connectivity index (χ4v) is 2.15. The standard InChI is InChI=1S/C12H23NO4/c1-10-8-13(4-5-17-7-6-15-2)9-11(10)12(14)16-3/h10-11H,4-9H2,1-3H3. The van der Waals surface area contributed by atoms with Crippen molar-refractivity contribution < 1.29 is 19.0 Å². The lowest BCUT2D eigenvalue weighted by atomic mass is 9.99. The van der Waals surface area contributed by atoms with Crippen LogP contribution in [0.2, 0.25) is 0 Å². The molecule has 1 rings (SSSR count). The Labute approximate surface area is 103 Å². The molecule has 0 saturated carbocycles. The zero-order chi connectivity index (χ0) is 12.7. The van der Waals surface area contributed by atoms with Crippen LogP contribution in [0.1, 0.15) is 6.92 Å². The Hall–Kier alpha value is -0.650. The minimum atomic E-state index is -0.0969. The van der Waals surface area contributed by atoms with E-state index >= 15 is 0 Å². The fraction of sp³-hybridized carbons (Fsp3) is 0.917. The van der Waals surface area contributed by atoms with Gasteiger partial charge in [-0.25, -0.2) is 0 Å². The molecule has 0 aromatic carbocycles. The Balaban J connectivity index is 2.18. The number of rotatable bonds is 7. The van der Waals surface area contributed by atoms with Gasteiger partial charge >= 0.3 is 5.97 Å². The maximum absolute atomic E-state index is 11.5. The Morgan fingerprint density at radius 3 is 2.65 bits per heavy atom. The van der Waals surface area contributed by atoms with Crippen molar-refractivity contribution in [2.24, 2.45) is 11.8 Å². The van der Waals surface area contributed by atoms with Crippen molar-refractivity contribution >= 4 is 5.97 Å². The van der Waals surface area contributed by atoms with Gasteiger partial charge in [0.1, 0.15) is 0 Å². The van der Waals surface area contributed by atoms with Crippen molar-refractivity contribution in [2.75, 3.05) is 53.7 Å². The van der Waals surface area contributed by atoms with E-state index in [0.717, 1.165) is 19.6 Å². The number of likely N-dealkylation sites (tertiary alicyclic amines) is 1. The summed E-state index contributed by atoms with van der Waals surface area (Å²) in [5.74, 6) is 0.278. The molecule has 2 atom stereocenters. The molecule has 0 aromatic heterocycles. The van der Waals surface area contributed by atoms with Gasteiger partial charge in [-0.15, -0.1) is 0 Å². The van der Waals surface area contributed by atoms with Crippen LogP contribution in [0, 0.1) is 11.8 Å². The molecule has 1 saturated heterocycles. The highest BCUT2D eigenvalue weighted by Crippen LogP contribution is 2.23. The van der Waals surface area contributed by atoms with Crippen LogP contribution < -0.4 is 0 Å². The van der Waals surface area contributed by atoms with Crippen molar-refractivity contribution in [3.8, 4) is 0 Å². The summed E-state index contributed by atoms with van der Waals surface area (Å²) < 4.78 is 15.1. The van der Waals surface area contributed by atoms with Crippen molar-refractivity contribution in [1.29, 1.82) is 0 Å². The van der Waals surface area contributed by atoms with E-state index in [0.29, 0.717) is 25.7 Å². The zero-order valence-corrected chi connectivity index (χ0v) is 11.0. The Morgan fingerprint density at radius 1 is 1.24 bits per heavy atom. The summed E-state index contributed by atoms with van der Waals surface area (Å²) >= 11 is 0. The molecule has 2 unspecified atom stereocenters. The van der Waals surface area contributed by atoms with Crippen LogP contribution in [0.3, 0.4) is 0 Å². The van der Waals surface area contributed by atoms with Crippen LogP contribution in [0.25, 0.3) is 0 Å². The van der Waals surface area contributed by atoms with Gasteiger partial charge in [-0.3, -0.25) is 9.69 Å². The largest absolute Gasteiger partial charge is 0.469 e. The molecule has 0 bridgehead atoms. The molecule has 5 heteroatoms. The first-order chi connectivity index (χ1) is 8.19. The first-order valence-corrected chi connectivity index (χ1v) is 6.06. The summed E-state index contributed by atoms with van der Waals surface area (Å²) in [6.07, 6.45) is 0. The van der Waals surface area contributed by atoms with E-state index in [1.165, 1.54) is 7.11 Å². The average molecular weight is 245 g/mol. The topological polar surface area (TPSA) is 48.0 Å². The van der Waals surface area contributed by atoms with Gasteiger partial charge in [0.05, 0.1) is 32.8 Å². The van der Waals surface area contributed by atoms with E-state index in [9.17, 15) is 4.79 Å². The van der Waals surface area contributed by atoms with Crippen LogP contribution in [0.15, 0.2) is 0 Å². The summed E-state index contributed by atoms with van der Waals surface area (Å²) in [7, 11) is 3.11. The summed E-state index contributed by atoms with van der Waals surface area (Å²) in [5, 5.41) is 0. The molecule has 0 aliphatic carbocycles. The van der Waals surface area contributed by atoms with E-state index in [2.05, 4.69) is 11.8 Å². The number of carbonyl (C=O) groups excluding carboxylic acids is 1. The van der Waals surface area contributed by atoms with E-state index in [4.69, 9.17) is 14.2 Å². The molecule has 1 aliphatic rings. The number of hydrogen-bond donors (Lipinski definition) is 0. The fourth-order valence-electron chi connectivity index (χ4n) is 2.15. The Bertz CT molecular complexity index is 235. The van der Waals surface area contributed by atoms with Crippen LogP contribution in [0.5, 0.6) is 0 Å². The third-order valence-corrected chi connectivity index (χ3v) is 3.18. The van der Waals surface area contributed by atoms with Crippen LogP contribution >= 0.6 is 0 Å². The number of esters is 1. The maximum Gasteiger partial charge on any atom is 0.310 e. The second-order valence-electron chi connectivity index (χ2n) is 4.47. The molecule has 100 valence electrons. The van der Waals surface area contributed by atoms with Crippen LogP contribution in [-0.2, 0) is 19.0 Å². The maximum atomic E-state index is 11.5. The van der Waals surface area contributed by atoms with Crippen molar-refractivity contribution in [1.82, 2.24) is 4.90 Å². The van der Waals surface area contributed by atoms with E-state index < -0.39 is 0 Å². The monoisotopic (exact) mass is 245 g/mol. The van der Waals surface area contributed by atoms with Crippen LogP contribution in [0.4, 0.5) is 0 Å². The molecule has 1 fully saturated rings. The lowest BCUT2D eigenvalue weighted by molar-refractivity contribution is -0.146. The normalized spacial score (nSPS) is 25.1. The number of methoxy groups -OCH3 is 2. The second-order valence-corrected chi connectivity index (χ2v) is 4.47. The first-order valence-electron chi connectivity index (χ1n) is 6.06. The van der Waals surface area contributed by atoms with Gasteiger partial charge < -0.3 is 14.2 Å². The lowest BCUT2D eigenvalue weighted by Gasteiger charge is -2.15. The molecule has 0 spiro atoms. The van der Waals surface area contributed by atoms with E-state index in [1.807, 2.05) is 0 Å². The highest BCUT2D eigenvalue weighted by atomic mass is 16.5. The quantitative estimate of drug-likeness (QED) is 0.480. The highest BCUT2D eigenvalue weighted by molar-refractivity contribution is 5.73. The smallest absolute Gasteiger partial charge is 0.310 e. The number of hydrogen-bond acceptors (Lipinski definition) is 5. The van der Waals surface area contributed by atoms with Crippen molar-refractivity contribution in [2.45, 2.75) is 6.92 Å².